The number of benzene rings is 1. The molecule has 1 saturated heterocycles. The molecule has 1 aromatic carbocycles. The van der Waals surface area contributed by atoms with Gasteiger partial charge in [0.25, 0.3) is 0 Å². The second kappa shape index (κ2) is 8.74. The zero-order valence-corrected chi connectivity index (χ0v) is 15.9. The first-order valence-corrected chi connectivity index (χ1v) is 8.83. The molecule has 1 aromatic rings. The summed E-state index contributed by atoms with van der Waals surface area (Å²) in [6.45, 7) is 8.15. The van der Waals surface area contributed by atoms with Crippen molar-refractivity contribution in [2.45, 2.75) is 39.8 Å². The summed E-state index contributed by atoms with van der Waals surface area (Å²) in [5.74, 6) is 1.88. The summed E-state index contributed by atoms with van der Waals surface area (Å²) in [4.78, 5) is 18.3. The summed E-state index contributed by atoms with van der Waals surface area (Å²) in [5, 5.41) is 6.75. The van der Waals surface area contributed by atoms with Gasteiger partial charge in [-0.2, -0.15) is 0 Å². The Bertz CT molecular complexity index is 628. The Kier molecular flexibility index (Phi) is 6.67. The molecule has 6 heteroatoms. The molecular formula is C19H30N4O2. The lowest BCUT2D eigenvalue weighted by atomic mass is 10.1. The van der Waals surface area contributed by atoms with Crippen molar-refractivity contribution >= 4 is 11.9 Å². The van der Waals surface area contributed by atoms with Crippen LogP contribution < -0.4 is 15.4 Å². The molecule has 6 nitrogen and oxygen atoms in total. The Balaban J connectivity index is 1.88. The van der Waals surface area contributed by atoms with Gasteiger partial charge in [0, 0.05) is 38.6 Å². The highest BCUT2D eigenvalue weighted by Crippen LogP contribution is 2.16. The van der Waals surface area contributed by atoms with E-state index in [4.69, 9.17) is 4.74 Å². The quantitative estimate of drug-likeness (QED) is 0.631. The standard InChI is InChI=1S/C19H30N4O2/c1-13(2)18(24)23-7-6-16(12-23)22-19(20-4)21-11-15-8-14(3)9-17(10-15)25-5/h8-10,13,16H,6-7,11-12H2,1-5H3,(H2,20,21,22). The molecule has 1 aliphatic rings. The lowest BCUT2D eigenvalue weighted by Crippen LogP contribution is -2.45. The maximum absolute atomic E-state index is 12.1. The highest BCUT2D eigenvalue weighted by molar-refractivity contribution is 5.81. The summed E-state index contributed by atoms with van der Waals surface area (Å²) < 4.78 is 5.32. The molecule has 1 aliphatic heterocycles. The average Bonchev–Trinajstić information content (AvgIpc) is 3.05. The van der Waals surface area contributed by atoms with Gasteiger partial charge >= 0.3 is 0 Å². The molecule has 2 rings (SSSR count). The van der Waals surface area contributed by atoms with E-state index in [0.29, 0.717) is 6.54 Å². The fraction of sp³-hybridized carbons (Fsp3) is 0.579. The van der Waals surface area contributed by atoms with Crippen molar-refractivity contribution in [2.75, 3.05) is 27.2 Å². The largest absolute Gasteiger partial charge is 0.497 e. The van der Waals surface area contributed by atoms with Gasteiger partial charge in [-0.15, -0.1) is 0 Å². The number of hydrogen-bond acceptors (Lipinski definition) is 3. The minimum Gasteiger partial charge on any atom is -0.497 e. The van der Waals surface area contributed by atoms with Crippen LogP contribution in [0.15, 0.2) is 23.2 Å². The van der Waals surface area contributed by atoms with E-state index in [1.807, 2.05) is 30.9 Å². The number of rotatable bonds is 5. The third-order valence-electron chi connectivity index (χ3n) is 4.36. The van der Waals surface area contributed by atoms with Gasteiger partial charge in [0.15, 0.2) is 5.96 Å². The molecule has 0 spiro atoms. The number of hydrogen-bond donors (Lipinski definition) is 2. The minimum absolute atomic E-state index is 0.0486. The number of aliphatic imine (C=N–C) groups is 1. The highest BCUT2D eigenvalue weighted by Gasteiger charge is 2.27. The summed E-state index contributed by atoms with van der Waals surface area (Å²) in [6.07, 6.45) is 0.942. The third kappa shape index (κ3) is 5.37. The van der Waals surface area contributed by atoms with E-state index >= 15 is 0 Å². The fourth-order valence-corrected chi connectivity index (χ4v) is 3.06. The minimum atomic E-state index is 0.0486. The van der Waals surface area contributed by atoms with Gasteiger partial charge in [-0.1, -0.05) is 19.9 Å². The van der Waals surface area contributed by atoms with Crippen LogP contribution in [0.4, 0.5) is 0 Å². The first kappa shape index (κ1) is 19.1. The van der Waals surface area contributed by atoms with Gasteiger partial charge < -0.3 is 20.3 Å². The molecule has 0 aliphatic carbocycles. The zero-order chi connectivity index (χ0) is 18.4. The zero-order valence-electron chi connectivity index (χ0n) is 15.9. The number of guanidine groups is 1. The van der Waals surface area contributed by atoms with Gasteiger partial charge in [-0.25, -0.2) is 0 Å². The van der Waals surface area contributed by atoms with Crippen LogP contribution in [-0.2, 0) is 11.3 Å². The van der Waals surface area contributed by atoms with Gasteiger partial charge in [0.2, 0.25) is 5.91 Å². The molecule has 0 aromatic heterocycles. The van der Waals surface area contributed by atoms with Crippen LogP contribution in [0.3, 0.4) is 0 Å². The predicted octanol–water partition coefficient (Wildman–Crippen LogP) is 1.93. The van der Waals surface area contributed by atoms with E-state index in [1.54, 1.807) is 14.2 Å². The molecule has 138 valence electrons. The van der Waals surface area contributed by atoms with Crippen molar-refractivity contribution < 1.29 is 9.53 Å². The summed E-state index contributed by atoms with van der Waals surface area (Å²) >= 11 is 0. The van der Waals surface area contributed by atoms with Crippen LogP contribution in [0.1, 0.15) is 31.4 Å². The smallest absolute Gasteiger partial charge is 0.225 e. The van der Waals surface area contributed by atoms with E-state index in [1.165, 1.54) is 0 Å². The maximum atomic E-state index is 12.1. The predicted molar refractivity (Wildman–Crippen MR) is 101 cm³/mol. The Hall–Kier alpha value is -2.24. The number of likely N-dealkylation sites (tertiary alicyclic amines) is 1. The van der Waals surface area contributed by atoms with Gasteiger partial charge in [0.05, 0.1) is 7.11 Å². The number of methoxy groups -OCH3 is 1. The van der Waals surface area contributed by atoms with Crippen molar-refractivity contribution in [1.29, 1.82) is 0 Å². The lowest BCUT2D eigenvalue weighted by molar-refractivity contribution is -0.133. The van der Waals surface area contributed by atoms with Gasteiger partial charge in [0.1, 0.15) is 5.75 Å². The molecule has 0 bridgehead atoms. The Morgan fingerprint density at radius 3 is 2.80 bits per heavy atom. The Morgan fingerprint density at radius 1 is 1.40 bits per heavy atom. The summed E-state index contributed by atoms with van der Waals surface area (Å²) in [6, 6.07) is 6.39. The average molecular weight is 346 g/mol. The normalized spacial score (nSPS) is 17.8. The maximum Gasteiger partial charge on any atom is 0.225 e. The van der Waals surface area contributed by atoms with Crippen molar-refractivity contribution in [3.63, 3.8) is 0 Å². The van der Waals surface area contributed by atoms with Crippen LogP contribution in [0.25, 0.3) is 0 Å². The van der Waals surface area contributed by atoms with Crippen molar-refractivity contribution in [3.05, 3.63) is 29.3 Å². The molecule has 1 atom stereocenters. The number of carbonyl (C=O) groups is 1. The molecule has 2 N–H and O–H groups in total. The van der Waals surface area contributed by atoms with E-state index in [0.717, 1.165) is 42.3 Å². The van der Waals surface area contributed by atoms with Crippen LogP contribution in [0, 0.1) is 12.8 Å². The molecule has 25 heavy (non-hydrogen) atoms. The molecule has 1 heterocycles. The van der Waals surface area contributed by atoms with E-state index in [9.17, 15) is 4.79 Å². The summed E-state index contributed by atoms with van der Waals surface area (Å²) in [7, 11) is 3.44. The Morgan fingerprint density at radius 2 is 2.16 bits per heavy atom. The molecule has 1 unspecified atom stereocenters. The van der Waals surface area contributed by atoms with Crippen LogP contribution in [0.5, 0.6) is 5.75 Å². The van der Waals surface area contributed by atoms with Crippen LogP contribution in [-0.4, -0.2) is 50.1 Å². The molecule has 0 saturated carbocycles. The van der Waals surface area contributed by atoms with Crippen LogP contribution in [0.2, 0.25) is 0 Å². The van der Waals surface area contributed by atoms with Gasteiger partial charge in [-0.05, 0) is 36.6 Å². The number of nitrogens with one attached hydrogen (secondary N) is 2. The lowest BCUT2D eigenvalue weighted by Gasteiger charge is -2.20. The van der Waals surface area contributed by atoms with Crippen molar-refractivity contribution in [2.24, 2.45) is 10.9 Å². The first-order chi connectivity index (χ1) is 11.9. The van der Waals surface area contributed by atoms with Crippen molar-refractivity contribution in [1.82, 2.24) is 15.5 Å². The SMILES string of the molecule is CN=C(NCc1cc(C)cc(OC)c1)NC1CCN(C(=O)C(C)C)C1. The van der Waals surface area contributed by atoms with Crippen LogP contribution >= 0.6 is 0 Å². The van der Waals surface area contributed by atoms with Gasteiger partial charge in [-0.3, -0.25) is 9.79 Å². The topological polar surface area (TPSA) is 66.0 Å². The second-order valence-corrected chi connectivity index (χ2v) is 6.85. The molecule has 1 fully saturated rings. The van der Waals surface area contributed by atoms with E-state index in [-0.39, 0.29) is 17.9 Å². The summed E-state index contributed by atoms with van der Waals surface area (Å²) in [5.41, 5.74) is 2.31. The van der Waals surface area contributed by atoms with Crippen molar-refractivity contribution in [3.8, 4) is 5.75 Å². The van der Waals surface area contributed by atoms with E-state index in [2.05, 4.69) is 28.6 Å². The molecular weight excluding hydrogens is 316 g/mol. The fourth-order valence-electron chi connectivity index (χ4n) is 3.06. The number of nitrogens with zero attached hydrogens (tertiary/aromatic N) is 2. The number of amides is 1. The second-order valence-electron chi connectivity index (χ2n) is 6.85. The highest BCUT2D eigenvalue weighted by atomic mass is 16.5. The molecule has 0 radical (unpaired) electrons. The Labute approximate surface area is 150 Å². The number of ether oxygens (including phenoxy) is 1. The number of carbonyl (C=O) groups excluding carboxylic acids is 1. The number of aryl methyl sites for hydroxylation is 1. The van der Waals surface area contributed by atoms with E-state index < -0.39 is 0 Å². The molecule has 1 amide bonds. The monoisotopic (exact) mass is 346 g/mol. The third-order valence-corrected chi connectivity index (χ3v) is 4.36. The first-order valence-electron chi connectivity index (χ1n) is 8.83.